The van der Waals surface area contributed by atoms with Crippen LogP contribution in [-0.4, -0.2) is 42.2 Å². The van der Waals surface area contributed by atoms with E-state index in [0.29, 0.717) is 34.4 Å². The molecule has 0 aliphatic heterocycles. The molecule has 6 nitrogen and oxygen atoms in total. The van der Waals surface area contributed by atoms with E-state index in [2.05, 4.69) is 13.8 Å². The van der Waals surface area contributed by atoms with Crippen LogP contribution >= 0.6 is 21.6 Å². The monoisotopic (exact) mass is 438 g/mol. The maximum absolute atomic E-state index is 11.5. The predicted octanol–water partition coefficient (Wildman–Crippen LogP) is 5.42. The highest BCUT2D eigenvalue weighted by Crippen LogP contribution is 2.46. The number of carboxylic acid groups (broad SMARTS) is 2. The minimum absolute atomic E-state index is 0.0266. The molecule has 0 aliphatic rings. The van der Waals surface area contributed by atoms with Gasteiger partial charge in [0.05, 0.1) is 0 Å². The van der Waals surface area contributed by atoms with Gasteiger partial charge in [0.25, 0.3) is 0 Å². The molecule has 0 aliphatic carbocycles. The third-order valence-electron chi connectivity index (χ3n) is 4.72. The van der Waals surface area contributed by atoms with Gasteiger partial charge in [-0.3, -0.25) is 0 Å². The summed E-state index contributed by atoms with van der Waals surface area (Å²) in [6, 6.07) is 0. The molecule has 4 N–H and O–H groups in total. The van der Waals surface area contributed by atoms with Crippen LogP contribution in [0.1, 0.15) is 104 Å². The Morgan fingerprint density at radius 2 is 0.893 bits per heavy atom. The minimum atomic E-state index is -2.10. The molecule has 0 aromatic heterocycles. The number of hydrogen-bond acceptors (Lipinski definition) is 6. The number of aliphatic carboxylic acids is 2. The molecule has 0 fully saturated rings. The van der Waals surface area contributed by atoms with Crippen LogP contribution in [0.3, 0.4) is 0 Å². The number of aliphatic hydroxyl groups is 2. The molecule has 0 rings (SSSR count). The Balaban J connectivity index is 4.53. The number of hydrogen-bond donors (Lipinski definition) is 4. The first-order chi connectivity index (χ1) is 13.2. The van der Waals surface area contributed by atoms with Crippen LogP contribution in [0.25, 0.3) is 0 Å². The second-order valence-electron chi connectivity index (χ2n) is 7.38. The van der Waals surface area contributed by atoms with E-state index < -0.39 is 21.8 Å². The van der Waals surface area contributed by atoms with E-state index in [1.165, 1.54) is 0 Å². The van der Waals surface area contributed by atoms with Crippen molar-refractivity contribution < 1.29 is 30.0 Å². The maximum Gasteiger partial charge on any atom is 0.347 e. The summed E-state index contributed by atoms with van der Waals surface area (Å²) in [4.78, 5) is 18.8. The topological polar surface area (TPSA) is 115 Å². The third kappa shape index (κ3) is 11.5. The summed E-state index contributed by atoms with van der Waals surface area (Å²) in [5, 5.41) is 39.7. The lowest BCUT2D eigenvalue weighted by Gasteiger charge is -2.27. The fourth-order valence-electron chi connectivity index (χ4n) is 2.80. The first-order valence-electron chi connectivity index (χ1n) is 10.5. The molecular formula is C20H38O6S2. The fourth-order valence-corrected chi connectivity index (χ4v) is 5.42. The second kappa shape index (κ2) is 15.4. The Kier molecular flexibility index (Phi) is 15.2. The van der Waals surface area contributed by atoms with Crippen molar-refractivity contribution in [3.63, 3.8) is 0 Å². The summed E-state index contributed by atoms with van der Waals surface area (Å²) in [6.45, 7) is 4.23. The molecule has 0 heterocycles. The smallest absolute Gasteiger partial charge is 0.347 e. The van der Waals surface area contributed by atoms with Crippen molar-refractivity contribution in [1.29, 1.82) is 0 Å². The van der Waals surface area contributed by atoms with E-state index >= 15 is 0 Å². The van der Waals surface area contributed by atoms with Crippen molar-refractivity contribution in [2.24, 2.45) is 0 Å². The molecular weight excluding hydrogens is 400 g/mol. The summed E-state index contributed by atoms with van der Waals surface area (Å²) in [7, 11) is 1.10. The van der Waals surface area contributed by atoms with E-state index in [9.17, 15) is 30.0 Å². The molecule has 8 heteroatoms. The summed E-state index contributed by atoms with van der Waals surface area (Å²) in [5.41, 5.74) is 0. The van der Waals surface area contributed by atoms with Crippen LogP contribution in [-0.2, 0) is 9.59 Å². The lowest BCUT2D eigenvalue weighted by atomic mass is 10.1. The summed E-state index contributed by atoms with van der Waals surface area (Å²) < 4.78 is 0. The molecule has 0 saturated heterocycles. The van der Waals surface area contributed by atoms with Crippen LogP contribution in [0.4, 0.5) is 0 Å². The van der Waals surface area contributed by atoms with Crippen LogP contribution in [0.15, 0.2) is 0 Å². The van der Waals surface area contributed by atoms with Gasteiger partial charge in [-0.15, -0.1) is 0 Å². The number of unbranched alkanes of at least 4 members (excludes halogenated alkanes) is 10. The van der Waals surface area contributed by atoms with Gasteiger partial charge in [-0.05, 0) is 47.3 Å². The average molecular weight is 439 g/mol. The molecule has 2 atom stereocenters. The lowest BCUT2D eigenvalue weighted by Crippen LogP contribution is -2.38. The van der Waals surface area contributed by atoms with Crippen LogP contribution in [0.5, 0.6) is 0 Å². The normalized spacial score (nSPS) is 15.7. The summed E-state index contributed by atoms with van der Waals surface area (Å²) in [5.74, 6) is -2.79. The quantitative estimate of drug-likeness (QED) is 0.120. The van der Waals surface area contributed by atoms with Gasteiger partial charge in [-0.1, -0.05) is 78.1 Å². The van der Waals surface area contributed by atoms with Gasteiger partial charge < -0.3 is 20.4 Å². The first-order valence-corrected chi connectivity index (χ1v) is 12.6. The van der Waals surface area contributed by atoms with Crippen molar-refractivity contribution in [3.8, 4) is 0 Å². The van der Waals surface area contributed by atoms with Crippen LogP contribution < -0.4 is 0 Å². The number of carbonyl (C=O) groups is 2. The molecule has 28 heavy (non-hydrogen) atoms. The van der Waals surface area contributed by atoms with Gasteiger partial charge in [0.2, 0.25) is 9.87 Å². The van der Waals surface area contributed by atoms with E-state index in [4.69, 9.17) is 0 Å². The molecule has 2 unspecified atom stereocenters. The standard InChI is InChI=1S/C20H38O6S2/c1-3-5-7-9-11-13-15-19(25,17(21)22)27-28-20(26,18(23)24)16-14-12-10-8-6-4-2/h25-26H,3-16H2,1-2H3,(H,21,22)(H,23,24). The van der Waals surface area contributed by atoms with Crippen LogP contribution in [0.2, 0.25) is 0 Å². The van der Waals surface area contributed by atoms with Gasteiger partial charge in [0.15, 0.2) is 0 Å². The van der Waals surface area contributed by atoms with Crippen molar-refractivity contribution in [2.45, 2.75) is 114 Å². The Labute approximate surface area is 177 Å². The zero-order valence-electron chi connectivity index (χ0n) is 17.3. The number of rotatable bonds is 19. The van der Waals surface area contributed by atoms with Crippen molar-refractivity contribution >= 4 is 33.5 Å². The zero-order chi connectivity index (χ0) is 21.5. The average Bonchev–Trinajstić information content (AvgIpc) is 2.65. The largest absolute Gasteiger partial charge is 0.478 e. The maximum atomic E-state index is 11.5. The van der Waals surface area contributed by atoms with E-state index in [-0.39, 0.29) is 12.8 Å². The summed E-state index contributed by atoms with van der Waals surface area (Å²) >= 11 is 0. The predicted molar refractivity (Wildman–Crippen MR) is 116 cm³/mol. The van der Waals surface area contributed by atoms with Crippen molar-refractivity contribution in [3.05, 3.63) is 0 Å². The Hall–Kier alpha value is -0.440. The van der Waals surface area contributed by atoms with E-state index in [0.717, 1.165) is 64.2 Å². The van der Waals surface area contributed by atoms with Crippen LogP contribution in [0, 0.1) is 0 Å². The highest BCUT2D eigenvalue weighted by Gasteiger charge is 2.44. The SMILES string of the molecule is CCCCCCCCC(O)(SSC(O)(CCCCCCCC)C(=O)O)C(=O)O. The van der Waals surface area contributed by atoms with E-state index in [1.807, 2.05) is 0 Å². The molecule has 0 amide bonds. The molecule has 0 aromatic carbocycles. The van der Waals surface area contributed by atoms with Gasteiger partial charge in [0.1, 0.15) is 0 Å². The van der Waals surface area contributed by atoms with Gasteiger partial charge >= 0.3 is 11.9 Å². The fraction of sp³-hybridized carbons (Fsp3) is 0.900. The highest BCUT2D eigenvalue weighted by atomic mass is 33.1. The summed E-state index contributed by atoms with van der Waals surface area (Å²) in [6.07, 6.45) is 11.4. The van der Waals surface area contributed by atoms with E-state index in [1.54, 1.807) is 0 Å². The Morgan fingerprint density at radius 1 is 0.607 bits per heavy atom. The third-order valence-corrected chi connectivity index (χ3v) is 8.02. The van der Waals surface area contributed by atoms with Gasteiger partial charge in [-0.2, -0.15) is 0 Å². The van der Waals surface area contributed by atoms with Gasteiger partial charge in [0, 0.05) is 0 Å². The Bertz CT molecular complexity index is 408. The molecule has 0 aromatic rings. The molecule has 0 bridgehead atoms. The molecule has 166 valence electrons. The first kappa shape index (κ1) is 27.6. The van der Waals surface area contributed by atoms with Crippen molar-refractivity contribution in [2.75, 3.05) is 0 Å². The molecule has 0 saturated carbocycles. The molecule has 0 spiro atoms. The lowest BCUT2D eigenvalue weighted by molar-refractivity contribution is -0.151. The number of carboxylic acids is 2. The highest BCUT2D eigenvalue weighted by molar-refractivity contribution is 8.77. The van der Waals surface area contributed by atoms with Crippen molar-refractivity contribution in [1.82, 2.24) is 0 Å². The zero-order valence-corrected chi connectivity index (χ0v) is 19.0. The van der Waals surface area contributed by atoms with Gasteiger partial charge in [-0.25, -0.2) is 9.59 Å². The Morgan fingerprint density at radius 3 is 1.18 bits per heavy atom. The minimum Gasteiger partial charge on any atom is -0.478 e. The second-order valence-corrected chi connectivity index (χ2v) is 10.1. The molecule has 0 radical (unpaired) electrons.